The molecule has 0 bridgehead atoms. The van der Waals surface area contributed by atoms with Crippen molar-refractivity contribution in [3.05, 3.63) is 5.01 Å². The van der Waals surface area contributed by atoms with Crippen LogP contribution >= 0.6 is 23.7 Å². The Kier molecular flexibility index (Phi) is 5.31. The third-order valence-corrected chi connectivity index (χ3v) is 2.73. The molecule has 16 heavy (non-hydrogen) atoms. The van der Waals surface area contributed by atoms with Gasteiger partial charge in [-0.05, 0) is 12.3 Å². The van der Waals surface area contributed by atoms with Gasteiger partial charge in [-0.2, -0.15) is 0 Å². The lowest BCUT2D eigenvalue weighted by Gasteiger charge is -2.25. The molecule has 0 aromatic carbocycles. The summed E-state index contributed by atoms with van der Waals surface area (Å²) in [6, 6.07) is -0.554. The molecule has 0 aliphatic carbocycles. The van der Waals surface area contributed by atoms with Gasteiger partial charge in [-0.3, -0.25) is 10.1 Å². The van der Waals surface area contributed by atoms with Gasteiger partial charge in [0.15, 0.2) is 0 Å². The van der Waals surface area contributed by atoms with E-state index in [0.717, 1.165) is 5.01 Å². The second-order valence-electron chi connectivity index (χ2n) is 4.46. The van der Waals surface area contributed by atoms with E-state index >= 15 is 0 Å². The van der Waals surface area contributed by atoms with Crippen molar-refractivity contribution in [2.75, 3.05) is 5.32 Å². The summed E-state index contributed by atoms with van der Waals surface area (Å²) in [6.45, 7) is 7.59. The van der Waals surface area contributed by atoms with Crippen LogP contribution in [-0.2, 0) is 4.79 Å². The Hall–Kier alpha value is -0.720. The molecule has 92 valence electrons. The van der Waals surface area contributed by atoms with Crippen molar-refractivity contribution in [3.8, 4) is 0 Å². The molecule has 0 saturated carbocycles. The fourth-order valence-electron chi connectivity index (χ4n) is 0.924. The highest BCUT2D eigenvalue weighted by Crippen LogP contribution is 2.20. The molecule has 1 amide bonds. The second-order valence-corrected chi connectivity index (χ2v) is 5.64. The first-order valence-electron chi connectivity index (χ1n) is 4.67. The lowest BCUT2D eigenvalue weighted by molar-refractivity contribution is -0.119. The number of nitrogens with zero attached hydrogens (tertiary/aromatic N) is 2. The van der Waals surface area contributed by atoms with E-state index in [-0.39, 0.29) is 23.7 Å². The summed E-state index contributed by atoms with van der Waals surface area (Å²) in [6.07, 6.45) is 0. The molecule has 0 fully saturated rings. The van der Waals surface area contributed by atoms with Gasteiger partial charge in [0.25, 0.3) is 0 Å². The number of nitrogens with two attached hydrogens (primary N) is 1. The third kappa shape index (κ3) is 4.03. The van der Waals surface area contributed by atoms with Gasteiger partial charge in [0.05, 0.1) is 6.04 Å². The minimum atomic E-state index is -0.554. The fourth-order valence-corrected chi connectivity index (χ4v) is 1.52. The van der Waals surface area contributed by atoms with Crippen LogP contribution in [0.1, 0.15) is 25.8 Å². The number of aryl methyl sites for hydroxylation is 1. The van der Waals surface area contributed by atoms with E-state index in [2.05, 4.69) is 15.5 Å². The summed E-state index contributed by atoms with van der Waals surface area (Å²) in [5, 5.41) is 11.6. The number of amides is 1. The molecular formula is C9H17ClN4OS. The standard InChI is InChI=1S/C9H16N4OS.ClH/c1-5-12-13-8(15-5)11-7(14)6(10)9(2,3)4;/h6H,10H2,1-4H3,(H,11,13,14);1H/t6-;/m1./s1. The van der Waals surface area contributed by atoms with Crippen LogP contribution in [0.15, 0.2) is 0 Å². The Morgan fingerprint density at radius 3 is 2.38 bits per heavy atom. The summed E-state index contributed by atoms with van der Waals surface area (Å²) in [5.41, 5.74) is 5.53. The zero-order chi connectivity index (χ0) is 11.6. The molecule has 0 radical (unpaired) electrons. The first-order valence-corrected chi connectivity index (χ1v) is 5.49. The van der Waals surface area contributed by atoms with Crippen molar-refractivity contribution in [1.29, 1.82) is 0 Å². The predicted molar refractivity (Wildman–Crippen MR) is 68.0 cm³/mol. The van der Waals surface area contributed by atoms with E-state index in [1.807, 2.05) is 27.7 Å². The Labute approximate surface area is 105 Å². The molecule has 1 aromatic heterocycles. The van der Waals surface area contributed by atoms with Crippen molar-refractivity contribution in [1.82, 2.24) is 10.2 Å². The van der Waals surface area contributed by atoms with E-state index in [1.54, 1.807) is 0 Å². The molecule has 0 aliphatic heterocycles. The smallest absolute Gasteiger partial charge is 0.243 e. The summed E-state index contributed by atoms with van der Waals surface area (Å²) >= 11 is 1.33. The fraction of sp³-hybridized carbons (Fsp3) is 0.667. The van der Waals surface area contributed by atoms with E-state index < -0.39 is 6.04 Å². The lowest BCUT2D eigenvalue weighted by atomic mass is 9.87. The van der Waals surface area contributed by atoms with Crippen LogP contribution in [-0.4, -0.2) is 22.1 Å². The Bertz CT molecular complexity index is 361. The molecule has 1 heterocycles. The number of aromatic nitrogens is 2. The molecule has 0 unspecified atom stereocenters. The molecule has 0 saturated heterocycles. The van der Waals surface area contributed by atoms with Crippen molar-refractivity contribution < 1.29 is 4.79 Å². The molecule has 1 aromatic rings. The van der Waals surface area contributed by atoms with E-state index in [1.165, 1.54) is 11.3 Å². The highest BCUT2D eigenvalue weighted by atomic mass is 35.5. The summed E-state index contributed by atoms with van der Waals surface area (Å²) in [4.78, 5) is 11.7. The minimum absolute atomic E-state index is 0. The molecule has 1 atom stereocenters. The summed E-state index contributed by atoms with van der Waals surface area (Å²) in [7, 11) is 0. The van der Waals surface area contributed by atoms with Crippen molar-refractivity contribution >= 4 is 34.8 Å². The molecule has 5 nitrogen and oxygen atoms in total. The van der Waals surface area contributed by atoms with Gasteiger partial charge in [0.1, 0.15) is 5.01 Å². The predicted octanol–water partition coefficient (Wildman–Crippen LogP) is 1.58. The number of rotatable bonds is 2. The van der Waals surface area contributed by atoms with Gasteiger partial charge in [0.2, 0.25) is 11.0 Å². The third-order valence-electron chi connectivity index (χ3n) is 1.97. The Morgan fingerprint density at radius 2 is 2.00 bits per heavy atom. The number of carbonyl (C=O) groups is 1. The quantitative estimate of drug-likeness (QED) is 0.850. The van der Waals surface area contributed by atoms with Crippen LogP contribution in [0.3, 0.4) is 0 Å². The van der Waals surface area contributed by atoms with E-state index in [9.17, 15) is 4.79 Å². The minimum Gasteiger partial charge on any atom is -0.319 e. The lowest BCUT2D eigenvalue weighted by Crippen LogP contribution is -2.45. The molecule has 7 heteroatoms. The van der Waals surface area contributed by atoms with Crippen LogP contribution < -0.4 is 11.1 Å². The van der Waals surface area contributed by atoms with Gasteiger partial charge >= 0.3 is 0 Å². The topological polar surface area (TPSA) is 80.9 Å². The monoisotopic (exact) mass is 264 g/mol. The van der Waals surface area contributed by atoms with Gasteiger partial charge in [0, 0.05) is 0 Å². The number of hydrogen-bond donors (Lipinski definition) is 2. The Balaban J connectivity index is 0.00000225. The van der Waals surface area contributed by atoms with Gasteiger partial charge in [-0.1, -0.05) is 32.1 Å². The normalized spacial score (nSPS) is 12.8. The maximum absolute atomic E-state index is 11.7. The van der Waals surface area contributed by atoms with Gasteiger partial charge < -0.3 is 5.73 Å². The number of carbonyl (C=O) groups excluding carboxylic acids is 1. The van der Waals surface area contributed by atoms with E-state index in [0.29, 0.717) is 5.13 Å². The molecule has 0 spiro atoms. The van der Waals surface area contributed by atoms with Crippen molar-refractivity contribution in [3.63, 3.8) is 0 Å². The maximum Gasteiger partial charge on any atom is 0.243 e. The SMILES string of the molecule is Cc1nnc(NC(=O)[C@@H](N)C(C)(C)C)s1.Cl. The number of halogens is 1. The number of hydrogen-bond acceptors (Lipinski definition) is 5. The maximum atomic E-state index is 11.7. The molecule has 0 aliphatic rings. The molecule has 1 rings (SSSR count). The van der Waals surface area contributed by atoms with Gasteiger partial charge in [-0.15, -0.1) is 22.6 Å². The Morgan fingerprint density at radius 1 is 1.44 bits per heavy atom. The largest absolute Gasteiger partial charge is 0.319 e. The van der Waals surface area contributed by atoms with Crippen LogP contribution in [0.5, 0.6) is 0 Å². The number of anilines is 1. The van der Waals surface area contributed by atoms with Crippen LogP contribution in [0, 0.1) is 12.3 Å². The average Bonchev–Trinajstić information content (AvgIpc) is 2.48. The highest BCUT2D eigenvalue weighted by molar-refractivity contribution is 7.15. The van der Waals surface area contributed by atoms with Crippen LogP contribution in [0.25, 0.3) is 0 Å². The first kappa shape index (κ1) is 15.3. The first-order chi connectivity index (χ1) is 6.80. The van der Waals surface area contributed by atoms with Crippen molar-refractivity contribution in [2.24, 2.45) is 11.1 Å². The zero-order valence-corrected chi connectivity index (χ0v) is 11.4. The molecule has 3 N–H and O–H groups in total. The van der Waals surface area contributed by atoms with E-state index in [4.69, 9.17) is 5.73 Å². The molecular weight excluding hydrogens is 248 g/mol. The summed E-state index contributed by atoms with van der Waals surface area (Å²) in [5.74, 6) is -0.223. The highest BCUT2D eigenvalue weighted by Gasteiger charge is 2.27. The van der Waals surface area contributed by atoms with Gasteiger partial charge in [-0.25, -0.2) is 0 Å². The zero-order valence-electron chi connectivity index (χ0n) is 9.77. The average molecular weight is 265 g/mol. The van der Waals surface area contributed by atoms with Crippen LogP contribution in [0.2, 0.25) is 0 Å². The van der Waals surface area contributed by atoms with Crippen molar-refractivity contribution in [2.45, 2.75) is 33.7 Å². The summed E-state index contributed by atoms with van der Waals surface area (Å²) < 4.78 is 0. The van der Waals surface area contributed by atoms with Crippen LogP contribution in [0.4, 0.5) is 5.13 Å². The number of nitrogens with one attached hydrogen (secondary N) is 1. The second kappa shape index (κ2) is 5.56.